The smallest absolute Gasteiger partial charge is 0.303 e. The molecule has 0 aromatic heterocycles. The SMILES string of the molecule is CC(=O)OCC#CC#C[C@@H](O)c1ccc(C)cc1. The van der Waals surface area contributed by atoms with Crippen LogP contribution in [0.2, 0.25) is 0 Å². The van der Waals surface area contributed by atoms with Crippen molar-refractivity contribution in [2.45, 2.75) is 20.0 Å². The standard InChI is InChI=1S/C15H14O3/c1-12-7-9-14(10-8-12)15(17)6-4-3-5-11-18-13(2)16/h7-10,15,17H,11H2,1-2H3/t15-/m1/s1. The van der Waals surface area contributed by atoms with Gasteiger partial charge >= 0.3 is 5.97 Å². The highest BCUT2D eigenvalue weighted by Gasteiger charge is 2.01. The third kappa shape index (κ3) is 5.21. The van der Waals surface area contributed by atoms with Gasteiger partial charge in [-0.15, -0.1) is 0 Å². The zero-order chi connectivity index (χ0) is 13.4. The number of ether oxygens (including phenoxy) is 1. The van der Waals surface area contributed by atoms with E-state index >= 15 is 0 Å². The maximum Gasteiger partial charge on any atom is 0.303 e. The van der Waals surface area contributed by atoms with Crippen LogP contribution in [0.25, 0.3) is 0 Å². The molecule has 1 N–H and O–H groups in total. The van der Waals surface area contributed by atoms with Gasteiger partial charge in [0.2, 0.25) is 0 Å². The first-order valence-electron chi connectivity index (χ1n) is 5.46. The average molecular weight is 242 g/mol. The lowest BCUT2D eigenvalue weighted by Gasteiger charge is -2.02. The summed E-state index contributed by atoms with van der Waals surface area (Å²) >= 11 is 0. The van der Waals surface area contributed by atoms with Crippen molar-refractivity contribution in [3.8, 4) is 23.7 Å². The molecule has 18 heavy (non-hydrogen) atoms. The van der Waals surface area contributed by atoms with Gasteiger partial charge in [-0.05, 0) is 30.2 Å². The van der Waals surface area contributed by atoms with Crippen LogP contribution in [0.4, 0.5) is 0 Å². The van der Waals surface area contributed by atoms with Crippen LogP contribution in [0, 0.1) is 30.6 Å². The second kappa shape index (κ2) is 7.17. The normalized spacial score (nSPS) is 10.4. The van der Waals surface area contributed by atoms with E-state index in [2.05, 4.69) is 28.4 Å². The molecule has 0 amide bonds. The Bertz CT molecular complexity index is 521. The number of carbonyl (C=O) groups excluding carboxylic acids is 1. The van der Waals surface area contributed by atoms with Crippen molar-refractivity contribution in [3.05, 3.63) is 35.4 Å². The minimum absolute atomic E-state index is 0.0185. The molecular formula is C15H14O3. The van der Waals surface area contributed by atoms with Gasteiger partial charge in [-0.25, -0.2) is 0 Å². The van der Waals surface area contributed by atoms with Gasteiger partial charge in [0, 0.05) is 6.92 Å². The number of esters is 1. The van der Waals surface area contributed by atoms with Crippen LogP contribution in [0.1, 0.15) is 24.2 Å². The van der Waals surface area contributed by atoms with Crippen LogP contribution >= 0.6 is 0 Å². The Kier molecular flexibility index (Phi) is 5.51. The fraction of sp³-hybridized carbons (Fsp3) is 0.267. The molecule has 0 heterocycles. The fourth-order valence-electron chi connectivity index (χ4n) is 1.15. The Hall–Kier alpha value is -2.23. The van der Waals surface area contributed by atoms with E-state index in [1.165, 1.54) is 6.92 Å². The molecule has 0 saturated heterocycles. The lowest BCUT2D eigenvalue weighted by Crippen LogP contribution is -1.97. The number of rotatable bonds is 2. The van der Waals surface area contributed by atoms with Crippen molar-refractivity contribution in [1.82, 2.24) is 0 Å². The molecule has 3 nitrogen and oxygen atoms in total. The number of carbonyl (C=O) groups is 1. The highest BCUT2D eigenvalue weighted by molar-refractivity contribution is 5.66. The second-order valence-electron chi connectivity index (χ2n) is 3.66. The number of benzene rings is 1. The van der Waals surface area contributed by atoms with E-state index in [0.29, 0.717) is 0 Å². The summed E-state index contributed by atoms with van der Waals surface area (Å²) in [6, 6.07) is 7.46. The van der Waals surface area contributed by atoms with Crippen molar-refractivity contribution >= 4 is 5.97 Å². The van der Waals surface area contributed by atoms with Crippen molar-refractivity contribution in [2.75, 3.05) is 6.61 Å². The minimum Gasteiger partial charge on any atom is -0.453 e. The van der Waals surface area contributed by atoms with Crippen LogP contribution in [-0.4, -0.2) is 17.7 Å². The molecule has 0 unspecified atom stereocenters. The van der Waals surface area contributed by atoms with E-state index < -0.39 is 6.10 Å². The van der Waals surface area contributed by atoms with Crippen molar-refractivity contribution in [3.63, 3.8) is 0 Å². The van der Waals surface area contributed by atoms with Crippen molar-refractivity contribution in [1.29, 1.82) is 0 Å². The molecule has 1 aromatic rings. The van der Waals surface area contributed by atoms with Gasteiger partial charge in [0.05, 0.1) is 0 Å². The molecule has 0 saturated carbocycles. The number of hydrogen-bond donors (Lipinski definition) is 1. The Morgan fingerprint density at radius 1 is 1.33 bits per heavy atom. The number of aliphatic hydroxyl groups excluding tert-OH is 1. The maximum atomic E-state index is 10.4. The highest BCUT2D eigenvalue weighted by atomic mass is 16.5. The summed E-state index contributed by atoms with van der Waals surface area (Å²) in [6.07, 6.45) is -0.853. The number of aryl methyl sites for hydroxylation is 1. The quantitative estimate of drug-likeness (QED) is 0.633. The molecule has 92 valence electrons. The predicted molar refractivity (Wildman–Crippen MR) is 68.3 cm³/mol. The molecule has 0 spiro atoms. The molecule has 1 rings (SSSR count). The molecule has 0 aliphatic heterocycles. The first kappa shape index (κ1) is 13.8. The summed E-state index contributed by atoms with van der Waals surface area (Å²) in [6.45, 7) is 3.31. The van der Waals surface area contributed by atoms with E-state index in [-0.39, 0.29) is 12.6 Å². The lowest BCUT2D eigenvalue weighted by atomic mass is 10.1. The van der Waals surface area contributed by atoms with Crippen molar-refractivity contribution in [2.24, 2.45) is 0 Å². The number of aliphatic hydroxyl groups is 1. The largest absolute Gasteiger partial charge is 0.453 e. The van der Waals surface area contributed by atoms with E-state index in [1.54, 1.807) is 0 Å². The Morgan fingerprint density at radius 3 is 2.61 bits per heavy atom. The van der Waals surface area contributed by atoms with Gasteiger partial charge in [0.15, 0.2) is 6.61 Å². The van der Waals surface area contributed by atoms with Crippen LogP contribution in [0.15, 0.2) is 24.3 Å². The zero-order valence-corrected chi connectivity index (χ0v) is 10.4. The molecule has 0 radical (unpaired) electrons. The molecule has 0 aliphatic rings. The van der Waals surface area contributed by atoms with Gasteiger partial charge in [0.25, 0.3) is 0 Å². The fourth-order valence-corrected chi connectivity index (χ4v) is 1.15. The summed E-state index contributed by atoms with van der Waals surface area (Å²) < 4.78 is 4.60. The predicted octanol–water partition coefficient (Wildman–Crippen LogP) is 1.60. The second-order valence-corrected chi connectivity index (χ2v) is 3.66. The summed E-state index contributed by atoms with van der Waals surface area (Å²) in [5.74, 6) is 9.80. The average Bonchev–Trinajstić information content (AvgIpc) is 2.34. The van der Waals surface area contributed by atoms with E-state index in [9.17, 15) is 9.90 Å². The number of hydrogen-bond acceptors (Lipinski definition) is 3. The third-order valence-corrected chi connectivity index (χ3v) is 2.10. The van der Waals surface area contributed by atoms with E-state index in [4.69, 9.17) is 0 Å². The van der Waals surface area contributed by atoms with Gasteiger partial charge in [-0.1, -0.05) is 35.7 Å². The Balaban J connectivity index is 2.52. The molecule has 1 aromatic carbocycles. The molecule has 0 fully saturated rings. The lowest BCUT2D eigenvalue weighted by molar-refractivity contribution is -0.139. The summed E-state index contributed by atoms with van der Waals surface area (Å²) in [7, 11) is 0. The molecule has 0 bridgehead atoms. The van der Waals surface area contributed by atoms with Gasteiger partial charge in [-0.2, -0.15) is 0 Å². The topological polar surface area (TPSA) is 46.5 Å². The van der Waals surface area contributed by atoms with E-state index in [1.807, 2.05) is 31.2 Å². The van der Waals surface area contributed by atoms with Crippen LogP contribution in [-0.2, 0) is 9.53 Å². The summed E-state index contributed by atoms with van der Waals surface area (Å²) in [4.78, 5) is 10.4. The monoisotopic (exact) mass is 242 g/mol. The first-order valence-corrected chi connectivity index (χ1v) is 5.46. The molecular weight excluding hydrogens is 228 g/mol. The first-order chi connectivity index (χ1) is 8.59. The van der Waals surface area contributed by atoms with Gasteiger partial charge in [-0.3, -0.25) is 4.79 Å². The maximum absolute atomic E-state index is 10.4. The minimum atomic E-state index is -0.853. The van der Waals surface area contributed by atoms with Crippen LogP contribution in [0.5, 0.6) is 0 Å². The Morgan fingerprint density at radius 2 is 2.00 bits per heavy atom. The highest BCUT2D eigenvalue weighted by Crippen LogP contribution is 2.12. The van der Waals surface area contributed by atoms with Gasteiger partial charge in [0.1, 0.15) is 6.10 Å². The molecule has 3 heteroatoms. The van der Waals surface area contributed by atoms with Crippen molar-refractivity contribution < 1.29 is 14.6 Å². The van der Waals surface area contributed by atoms with Crippen LogP contribution in [0.3, 0.4) is 0 Å². The van der Waals surface area contributed by atoms with Crippen LogP contribution < -0.4 is 0 Å². The summed E-state index contributed by atoms with van der Waals surface area (Å²) in [5, 5.41) is 9.73. The third-order valence-electron chi connectivity index (χ3n) is 2.10. The molecule has 0 aliphatic carbocycles. The zero-order valence-electron chi connectivity index (χ0n) is 10.4. The summed E-state index contributed by atoms with van der Waals surface area (Å²) in [5.41, 5.74) is 1.86. The van der Waals surface area contributed by atoms with Gasteiger partial charge < -0.3 is 9.84 Å². The molecule has 1 atom stereocenters. The Labute approximate surface area is 107 Å². The van der Waals surface area contributed by atoms with E-state index in [0.717, 1.165) is 11.1 Å².